The van der Waals surface area contributed by atoms with E-state index < -0.39 is 23.9 Å². The molecule has 34 heavy (non-hydrogen) atoms. The number of hydrogen-bond acceptors (Lipinski definition) is 3. The number of carboxylic acids is 1. The average Bonchev–Trinajstić information content (AvgIpc) is 2.80. The van der Waals surface area contributed by atoms with Gasteiger partial charge < -0.3 is 20.6 Å². The number of nitrogens with zero attached hydrogens (tertiary/aromatic N) is 1. The van der Waals surface area contributed by atoms with Crippen molar-refractivity contribution in [2.45, 2.75) is 46.1 Å². The van der Waals surface area contributed by atoms with E-state index in [0.717, 1.165) is 46.0 Å². The lowest BCUT2D eigenvalue weighted by molar-refractivity contribution is -0.143. The predicted molar refractivity (Wildman–Crippen MR) is 134 cm³/mol. The molecule has 0 unspecified atom stereocenters. The number of urea groups is 1. The van der Waals surface area contributed by atoms with E-state index in [2.05, 4.69) is 10.6 Å². The van der Waals surface area contributed by atoms with Gasteiger partial charge in [0.25, 0.3) is 5.91 Å². The molecule has 1 aliphatic rings. The molecule has 0 spiro atoms. The van der Waals surface area contributed by atoms with Gasteiger partial charge in [0.1, 0.15) is 6.04 Å². The smallest absolute Gasteiger partial charge is 0.326 e. The highest BCUT2D eigenvalue weighted by Gasteiger charge is 2.33. The monoisotopic (exact) mass is 459 g/mol. The molecule has 0 bridgehead atoms. The zero-order valence-electron chi connectivity index (χ0n) is 19.6. The summed E-state index contributed by atoms with van der Waals surface area (Å²) < 4.78 is 0. The predicted octanol–water partition coefficient (Wildman–Crippen LogP) is 5.49. The van der Waals surface area contributed by atoms with Crippen molar-refractivity contribution in [3.63, 3.8) is 0 Å². The number of anilines is 2. The van der Waals surface area contributed by atoms with Crippen LogP contribution in [0.4, 0.5) is 16.2 Å². The van der Waals surface area contributed by atoms with Crippen LogP contribution >= 0.6 is 0 Å². The molecule has 4 rings (SSSR count). The molecule has 1 heterocycles. The van der Waals surface area contributed by atoms with E-state index in [0.29, 0.717) is 18.7 Å². The van der Waals surface area contributed by atoms with Crippen molar-refractivity contribution >= 4 is 40.1 Å². The molecular formula is C27H29N3O4. The summed E-state index contributed by atoms with van der Waals surface area (Å²) in [4.78, 5) is 39.7. The largest absolute Gasteiger partial charge is 0.480 e. The third-order valence-corrected chi connectivity index (χ3v) is 6.33. The van der Waals surface area contributed by atoms with Crippen LogP contribution in [-0.4, -0.2) is 40.5 Å². The number of carboxylic acid groups (broad SMARTS) is 1. The minimum absolute atomic E-state index is 0.277. The van der Waals surface area contributed by atoms with E-state index in [1.165, 1.54) is 4.90 Å². The second-order valence-electron chi connectivity index (χ2n) is 8.95. The number of aryl methyl sites for hydroxylation is 3. The van der Waals surface area contributed by atoms with E-state index in [9.17, 15) is 19.5 Å². The minimum Gasteiger partial charge on any atom is -0.480 e. The Morgan fingerprint density at radius 3 is 2.21 bits per heavy atom. The van der Waals surface area contributed by atoms with Gasteiger partial charge in [-0.05, 0) is 74.1 Å². The lowest BCUT2D eigenvalue weighted by Crippen LogP contribution is -2.48. The molecule has 1 atom stereocenters. The Bertz CT molecular complexity index is 1260. The number of nitrogens with one attached hydrogen (secondary N) is 2. The number of hydrogen-bond donors (Lipinski definition) is 3. The Hall–Kier alpha value is -3.87. The Morgan fingerprint density at radius 2 is 1.56 bits per heavy atom. The summed E-state index contributed by atoms with van der Waals surface area (Å²) in [5.74, 6) is -1.40. The van der Waals surface area contributed by atoms with E-state index in [-0.39, 0.29) is 5.56 Å². The van der Waals surface area contributed by atoms with Crippen LogP contribution in [-0.2, 0) is 4.79 Å². The van der Waals surface area contributed by atoms with Crippen molar-refractivity contribution in [2.24, 2.45) is 0 Å². The number of aliphatic carboxylic acids is 1. The minimum atomic E-state index is -1.01. The molecular weight excluding hydrogens is 430 g/mol. The van der Waals surface area contributed by atoms with E-state index in [4.69, 9.17) is 0 Å². The van der Waals surface area contributed by atoms with Crippen LogP contribution in [0.3, 0.4) is 0 Å². The number of piperidine rings is 1. The molecule has 0 aliphatic carbocycles. The molecule has 3 amide bonds. The summed E-state index contributed by atoms with van der Waals surface area (Å²) in [6, 6.07) is 13.7. The Balaban J connectivity index is 1.69. The Labute approximate surface area is 198 Å². The highest BCUT2D eigenvalue weighted by atomic mass is 16.4. The zero-order valence-corrected chi connectivity index (χ0v) is 19.6. The van der Waals surface area contributed by atoms with Crippen LogP contribution in [0.15, 0.2) is 48.5 Å². The van der Waals surface area contributed by atoms with E-state index in [1.54, 1.807) is 12.1 Å². The van der Waals surface area contributed by atoms with Gasteiger partial charge in [-0.15, -0.1) is 0 Å². The maximum atomic E-state index is 13.6. The molecule has 3 aromatic rings. The van der Waals surface area contributed by atoms with Crippen molar-refractivity contribution in [1.82, 2.24) is 4.90 Å². The average molecular weight is 460 g/mol. The molecule has 0 radical (unpaired) electrons. The maximum absolute atomic E-state index is 13.6. The lowest BCUT2D eigenvalue weighted by Gasteiger charge is -2.33. The molecule has 1 fully saturated rings. The van der Waals surface area contributed by atoms with Crippen LogP contribution in [0.5, 0.6) is 0 Å². The Morgan fingerprint density at radius 1 is 0.912 bits per heavy atom. The molecule has 176 valence electrons. The third kappa shape index (κ3) is 4.73. The highest BCUT2D eigenvalue weighted by Crippen LogP contribution is 2.29. The standard InChI is InChI=1S/C27H29N3O4/c1-16-12-17(2)24(18(3)13-16)29-27(34)28-22-15-20-9-5-4-8-19(20)14-21(22)25(31)30-11-7-6-10-23(30)26(32)33/h4-5,8-9,12-15,23H,6-7,10-11H2,1-3H3,(H,32,33)(H2,28,29,34)/t23-/m0/s1. The van der Waals surface area contributed by atoms with Crippen molar-refractivity contribution in [3.05, 3.63) is 70.8 Å². The van der Waals surface area contributed by atoms with Gasteiger partial charge in [-0.1, -0.05) is 42.0 Å². The molecule has 3 aromatic carbocycles. The summed E-state index contributed by atoms with van der Waals surface area (Å²) in [6.45, 7) is 6.24. The molecule has 7 nitrogen and oxygen atoms in total. The summed E-state index contributed by atoms with van der Waals surface area (Å²) >= 11 is 0. The van der Waals surface area contributed by atoms with Crippen molar-refractivity contribution in [3.8, 4) is 0 Å². The van der Waals surface area contributed by atoms with Crippen molar-refractivity contribution in [2.75, 3.05) is 17.2 Å². The van der Waals surface area contributed by atoms with Gasteiger partial charge in [-0.3, -0.25) is 4.79 Å². The topological polar surface area (TPSA) is 98.7 Å². The van der Waals surface area contributed by atoms with Crippen LogP contribution in [0.25, 0.3) is 10.8 Å². The quantitative estimate of drug-likeness (QED) is 0.480. The SMILES string of the molecule is Cc1cc(C)c(NC(=O)Nc2cc3ccccc3cc2C(=O)N2CCCC[C@H]2C(=O)O)c(C)c1. The van der Waals surface area contributed by atoms with Crippen LogP contribution in [0, 0.1) is 20.8 Å². The maximum Gasteiger partial charge on any atom is 0.326 e. The van der Waals surface area contributed by atoms with Gasteiger partial charge in [0.15, 0.2) is 0 Å². The van der Waals surface area contributed by atoms with Gasteiger partial charge in [0.2, 0.25) is 0 Å². The fraction of sp³-hybridized carbons (Fsp3) is 0.296. The molecule has 0 aromatic heterocycles. The second-order valence-corrected chi connectivity index (χ2v) is 8.95. The number of carbonyl (C=O) groups excluding carboxylic acids is 2. The van der Waals surface area contributed by atoms with Crippen molar-refractivity contribution in [1.29, 1.82) is 0 Å². The summed E-state index contributed by atoms with van der Waals surface area (Å²) in [5.41, 5.74) is 4.34. The van der Waals surface area contributed by atoms with Crippen LogP contribution in [0.2, 0.25) is 0 Å². The molecule has 1 saturated heterocycles. The number of rotatable bonds is 4. The highest BCUT2D eigenvalue weighted by molar-refractivity contribution is 6.10. The van der Waals surface area contributed by atoms with Crippen molar-refractivity contribution < 1.29 is 19.5 Å². The van der Waals surface area contributed by atoms with Gasteiger partial charge >= 0.3 is 12.0 Å². The van der Waals surface area contributed by atoms with Gasteiger partial charge in [0, 0.05) is 12.2 Å². The number of amides is 3. The summed E-state index contributed by atoms with van der Waals surface area (Å²) in [7, 11) is 0. The second kappa shape index (κ2) is 9.55. The van der Waals surface area contributed by atoms with Gasteiger partial charge in [0.05, 0.1) is 11.3 Å². The zero-order chi connectivity index (χ0) is 24.4. The first-order valence-electron chi connectivity index (χ1n) is 11.5. The van der Waals surface area contributed by atoms with Crippen LogP contribution < -0.4 is 10.6 Å². The first-order chi connectivity index (χ1) is 16.2. The van der Waals surface area contributed by atoms with Gasteiger partial charge in [-0.2, -0.15) is 0 Å². The fourth-order valence-corrected chi connectivity index (χ4v) is 4.75. The summed E-state index contributed by atoms with van der Waals surface area (Å²) in [5, 5.41) is 17.1. The van der Waals surface area contributed by atoms with E-state index >= 15 is 0 Å². The molecule has 1 aliphatic heterocycles. The van der Waals surface area contributed by atoms with Gasteiger partial charge in [-0.25, -0.2) is 9.59 Å². The summed E-state index contributed by atoms with van der Waals surface area (Å²) in [6.07, 6.45) is 1.93. The normalized spacial score (nSPS) is 15.7. The third-order valence-electron chi connectivity index (χ3n) is 6.33. The number of benzene rings is 3. The van der Waals surface area contributed by atoms with Crippen LogP contribution in [0.1, 0.15) is 46.3 Å². The number of carbonyl (C=O) groups is 3. The van der Waals surface area contributed by atoms with E-state index in [1.807, 2.05) is 57.2 Å². The Kier molecular flexibility index (Phi) is 6.54. The molecule has 3 N–H and O–H groups in total. The molecule has 7 heteroatoms. The first kappa shape index (κ1) is 23.3. The number of likely N-dealkylation sites (tertiary alicyclic amines) is 1. The lowest BCUT2D eigenvalue weighted by atomic mass is 9.99. The first-order valence-corrected chi connectivity index (χ1v) is 11.5. The fourth-order valence-electron chi connectivity index (χ4n) is 4.75. The molecule has 0 saturated carbocycles. The number of fused-ring (bicyclic) bond motifs is 1.